The lowest BCUT2D eigenvalue weighted by Gasteiger charge is -2.13. The van der Waals surface area contributed by atoms with Crippen LogP contribution in [0.3, 0.4) is 0 Å². The van der Waals surface area contributed by atoms with E-state index in [1.165, 1.54) is 13.2 Å². The minimum atomic E-state index is -1.08. The Balaban J connectivity index is 1.62. The Labute approximate surface area is 194 Å². The van der Waals surface area contributed by atoms with Gasteiger partial charge in [0.15, 0.2) is 5.82 Å². The van der Waals surface area contributed by atoms with Crippen LogP contribution in [-0.4, -0.2) is 33.4 Å². The minimum absolute atomic E-state index is 0.0509. The fourth-order valence-electron chi connectivity index (χ4n) is 3.85. The van der Waals surface area contributed by atoms with Crippen LogP contribution in [0.15, 0.2) is 78.9 Å². The van der Waals surface area contributed by atoms with Gasteiger partial charge in [0.2, 0.25) is 0 Å². The summed E-state index contributed by atoms with van der Waals surface area (Å²) in [6, 6.07) is 23.7. The highest BCUT2D eigenvalue weighted by molar-refractivity contribution is 6.02. The number of aromatic amines is 1. The topological polar surface area (TPSA) is 123 Å². The number of carboxylic acids is 1. The van der Waals surface area contributed by atoms with Gasteiger partial charge in [-0.15, -0.1) is 0 Å². The molecule has 34 heavy (non-hydrogen) atoms. The van der Waals surface area contributed by atoms with Gasteiger partial charge in [-0.25, -0.2) is 9.78 Å². The lowest BCUT2D eigenvalue weighted by molar-refractivity contribution is 0.0693. The van der Waals surface area contributed by atoms with Crippen LogP contribution >= 0.6 is 0 Å². The van der Waals surface area contributed by atoms with Crippen molar-refractivity contribution in [3.63, 3.8) is 0 Å². The molecular formula is C26H20N4O4. The molecule has 0 amide bonds. The second kappa shape index (κ2) is 8.59. The number of methoxy groups -OCH3 is 1. The van der Waals surface area contributed by atoms with E-state index in [9.17, 15) is 9.90 Å². The normalized spacial score (nSPS) is 10.9. The maximum absolute atomic E-state index is 11.7. The highest BCUT2D eigenvalue weighted by Gasteiger charge is 2.20. The third-order valence-corrected chi connectivity index (χ3v) is 5.40. The van der Waals surface area contributed by atoms with Crippen molar-refractivity contribution >= 4 is 22.7 Å². The molecular weight excluding hydrogens is 432 g/mol. The van der Waals surface area contributed by atoms with E-state index < -0.39 is 5.97 Å². The molecule has 3 aromatic carbocycles. The van der Waals surface area contributed by atoms with E-state index in [1.54, 1.807) is 18.2 Å². The van der Waals surface area contributed by atoms with Gasteiger partial charge in [0.25, 0.3) is 0 Å². The monoisotopic (exact) mass is 452 g/mol. The number of nitrogen functional groups attached to an aromatic ring is 1. The van der Waals surface area contributed by atoms with Crippen LogP contribution in [0.5, 0.6) is 17.2 Å². The van der Waals surface area contributed by atoms with Crippen molar-refractivity contribution in [1.82, 2.24) is 15.2 Å². The number of hydrogen-bond donors (Lipinski definition) is 3. The Bertz CT molecular complexity index is 1500. The molecule has 0 saturated carbocycles. The summed E-state index contributed by atoms with van der Waals surface area (Å²) in [7, 11) is 1.43. The number of carboxylic acid groups (broad SMARTS) is 1. The predicted octanol–water partition coefficient (Wildman–Crippen LogP) is 5.37. The number of H-pyrrole nitrogens is 1. The number of carbonyl (C=O) groups is 1. The van der Waals surface area contributed by atoms with Gasteiger partial charge in [0, 0.05) is 11.1 Å². The lowest BCUT2D eigenvalue weighted by atomic mass is 10.0. The number of hydrogen-bond acceptors (Lipinski definition) is 6. The van der Waals surface area contributed by atoms with E-state index in [2.05, 4.69) is 10.2 Å². The zero-order valence-corrected chi connectivity index (χ0v) is 18.1. The number of nitrogens with zero attached hydrogens (tertiary/aromatic N) is 2. The van der Waals surface area contributed by atoms with Crippen molar-refractivity contribution in [3.05, 3.63) is 84.4 Å². The molecule has 8 nitrogen and oxygen atoms in total. The van der Waals surface area contributed by atoms with E-state index in [4.69, 9.17) is 20.2 Å². The van der Waals surface area contributed by atoms with Crippen molar-refractivity contribution < 1.29 is 19.4 Å². The summed E-state index contributed by atoms with van der Waals surface area (Å²) in [6.45, 7) is 0. The third-order valence-electron chi connectivity index (χ3n) is 5.40. The molecule has 2 aromatic heterocycles. The lowest BCUT2D eigenvalue weighted by Crippen LogP contribution is -2.02. The summed E-state index contributed by atoms with van der Waals surface area (Å²) in [5.74, 6) is 0.882. The molecule has 0 aliphatic carbocycles. The number of nitrogens with one attached hydrogen (secondary N) is 1. The molecule has 4 N–H and O–H groups in total. The summed E-state index contributed by atoms with van der Waals surface area (Å²) in [5, 5.41) is 17.3. The zero-order valence-electron chi connectivity index (χ0n) is 18.1. The van der Waals surface area contributed by atoms with E-state index in [1.807, 2.05) is 54.6 Å². The Morgan fingerprint density at radius 1 is 0.971 bits per heavy atom. The third kappa shape index (κ3) is 3.77. The first-order valence-electron chi connectivity index (χ1n) is 10.4. The van der Waals surface area contributed by atoms with Gasteiger partial charge in [0.05, 0.1) is 29.4 Å². The molecule has 0 unspecified atom stereocenters. The van der Waals surface area contributed by atoms with E-state index in [-0.39, 0.29) is 11.3 Å². The van der Waals surface area contributed by atoms with Crippen molar-refractivity contribution in [2.24, 2.45) is 0 Å². The molecule has 0 aliphatic rings. The van der Waals surface area contributed by atoms with Gasteiger partial charge in [-0.1, -0.05) is 24.3 Å². The highest BCUT2D eigenvalue weighted by atomic mass is 16.5. The van der Waals surface area contributed by atoms with Crippen LogP contribution in [0.2, 0.25) is 0 Å². The van der Waals surface area contributed by atoms with Gasteiger partial charge in [-0.2, -0.15) is 5.10 Å². The smallest absolute Gasteiger partial charge is 0.339 e. The van der Waals surface area contributed by atoms with Gasteiger partial charge in [0.1, 0.15) is 22.8 Å². The van der Waals surface area contributed by atoms with Gasteiger partial charge in [-0.05, 0) is 54.6 Å². The number of ether oxygens (including phenoxy) is 2. The van der Waals surface area contributed by atoms with E-state index in [0.717, 1.165) is 11.3 Å². The highest BCUT2D eigenvalue weighted by Crippen LogP contribution is 2.38. The molecule has 168 valence electrons. The number of rotatable bonds is 6. The summed E-state index contributed by atoms with van der Waals surface area (Å²) >= 11 is 0. The number of fused-ring (bicyclic) bond motifs is 1. The molecule has 0 spiro atoms. The Hall–Kier alpha value is -4.85. The number of nitrogens with two attached hydrogens (primary N) is 1. The van der Waals surface area contributed by atoms with Crippen LogP contribution in [0.4, 0.5) is 5.82 Å². The molecule has 0 radical (unpaired) electrons. The predicted molar refractivity (Wildman–Crippen MR) is 129 cm³/mol. The maximum Gasteiger partial charge on any atom is 0.339 e. The van der Waals surface area contributed by atoms with Crippen LogP contribution < -0.4 is 15.2 Å². The van der Waals surface area contributed by atoms with Crippen LogP contribution in [-0.2, 0) is 0 Å². The van der Waals surface area contributed by atoms with Crippen LogP contribution in [0.25, 0.3) is 33.4 Å². The van der Waals surface area contributed by atoms with Crippen molar-refractivity contribution in [1.29, 1.82) is 0 Å². The summed E-state index contributed by atoms with van der Waals surface area (Å²) in [6.07, 6.45) is 0. The summed E-state index contributed by atoms with van der Waals surface area (Å²) in [4.78, 5) is 16.5. The molecule has 0 aliphatic heterocycles. The first-order valence-corrected chi connectivity index (χ1v) is 10.4. The fourth-order valence-corrected chi connectivity index (χ4v) is 3.85. The van der Waals surface area contributed by atoms with Crippen LogP contribution in [0.1, 0.15) is 10.4 Å². The molecule has 0 fully saturated rings. The van der Waals surface area contributed by atoms with Crippen LogP contribution in [0, 0.1) is 0 Å². The molecule has 0 atom stereocenters. The average molecular weight is 452 g/mol. The molecule has 2 heterocycles. The minimum Gasteiger partial charge on any atom is -0.495 e. The number of aromatic nitrogens is 3. The van der Waals surface area contributed by atoms with E-state index >= 15 is 0 Å². The largest absolute Gasteiger partial charge is 0.495 e. The number of anilines is 1. The van der Waals surface area contributed by atoms with E-state index in [0.29, 0.717) is 39.4 Å². The number of aromatic carboxylic acids is 1. The standard InChI is InChI=1S/C26H20N4O4/c1-33-24-18(8-5-9-19(24)26(31)32)20-14-21-22(25(27)30-29-21)23(28-20)15-10-12-17(13-11-15)34-16-6-3-2-4-7-16/h2-14H,1H3,(H,31,32)(H3,27,29,30). The first kappa shape index (κ1) is 21.0. The summed E-state index contributed by atoms with van der Waals surface area (Å²) < 4.78 is 11.3. The Morgan fingerprint density at radius 3 is 2.41 bits per heavy atom. The van der Waals surface area contributed by atoms with Gasteiger partial charge < -0.3 is 20.3 Å². The van der Waals surface area contributed by atoms with Gasteiger partial charge in [-0.3, -0.25) is 5.10 Å². The molecule has 0 saturated heterocycles. The Morgan fingerprint density at radius 2 is 1.71 bits per heavy atom. The molecule has 8 heteroatoms. The number of benzene rings is 3. The second-order valence-electron chi connectivity index (χ2n) is 7.52. The fraction of sp³-hybridized carbons (Fsp3) is 0.0385. The molecule has 5 aromatic rings. The van der Waals surface area contributed by atoms with Crippen molar-refractivity contribution in [2.45, 2.75) is 0 Å². The molecule has 0 bridgehead atoms. The SMILES string of the molecule is COc1c(C(=O)O)cccc1-c1cc2[nH]nc(N)c2c(-c2ccc(Oc3ccccc3)cc2)n1. The average Bonchev–Trinajstić information content (AvgIpc) is 3.24. The first-order chi connectivity index (χ1) is 16.5. The second-order valence-corrected chi connectivity index (χ2v) is 7.52. The molecule has 5 rings (SSSR count). The zero-order chi connectivity index (χ0) is 23.7. The summed E-state index contributed by atoms with van der Waals surface area (Å²) in [5.41, 5.74) is 9.34. The quantitative estimate of drug-likeness (QED) is 0.316. The van der Waals surface area contributed by atoms with Gasteiger partial charge >= 0.3 is 5.97 Å². The number of para-hydroxylation sites is 2. The number of pyridine rings is 1. The van der Waals surface area contributed by atoms with Crippen molar-refractivity contribution in [2.75, 3.05) is 12.8 Å². The Kier molecular flexibility index (Phi) is 5.31. The van der Waals surface area contributed by atoms with Crippen molar-refractivity contribution in [3.8, 4) is 39.8 Å². The maximum atomic E-state index is 11.7.